The Bertz CT molecular complexity index is 1420. The van der Waals surface area contributed by atoms with Gasteiger partial charge in [-0.15, -0.1) is 0 Å². The molecule has 0 fully saturated rings. The van der Waals surface area contributed by atoms with Gasteiger partial charge in [0.1, 0.15) is 0 Å². The van der Waals surface area contributed by atoms with E-state index in [0.29, 0.717) is 5.58 Å². The van der Waals surface area contributed by atoms with Gasteiger partial charge in [0.05, 0.1) is 0 Å². The van der Waals surface area contributed by atoms with Crippen LogP contribution in [0.25, 0.3) is 21.9 Å². The molecule has 0 saturated carbocycles. The van der Waals surface area contributed by atoms with Crippen LogP contribution in [0.2, 0.25) is 4.71 Å². The number of furan rings is 1. The van der Waals surface area contributed by atoms with Crippen molar-refractivity contribution in [1.29, 1.82) is 0 Å². The van der Waals surface area contributed by atoms with Crippen molar-refractivity contribution in [1.82, 2.24) is 10.5 Å². The van der Waals surface area contributed by atoms with E-state index >= 15 is 0 Å². The van der Waals surface area contributed by atoms with Gasteiger partial charge in [-0.25, -0.2) is 0 Å². The summed E-state index contributed by atoms with van der Waals surface area (Å²) in [4.78, 5) is 15.7. The molecule has 1 amide bonds. The molecular weight excluding hydrogens is 491 g/mol. The van der Waals surface area contributed by atoms with Gasteiger partial charge in [-0.3, -0.25) is 0 Å². The zero-order chi connectivity index (χ0) is 22.3. The number of rotatable bonds is 6. The SMILES string of the molecule is O=C(NO)[C@H](Cc1c[nH]c2ccccc12)[AsH]S(=O)(=O)c1ccc2c3c(oc2c1)CCCC3. The number of hydroxylamine groups is 1. The van der Waals surface area contributed by atoms with Crippen molar-refractivity contribution in [3.63, 3.8) is 0 Å². The average Bonchev–Trinajstić information content (AvgIpc) is 3.38. The van der Waals surface area contributed by atoms with Crippen LogP contribution in [-0.4, -0.2) is 39.1 Å². The second kappa shape index (κ2) is 8.43. The van der Waals surface area contributed by atoms with Crippen molar-refractivity contribution in [2.45, 2.75) is 41.7 Å². The predicted molar refractivity (Wildman–Crippen MR) is 123 cm³/mol. The summed E-state index contributed by atoms with van der Waals surface area (Å²) >= 11 is -1.86. The molecule has 0 saturated heterocycles. The predicted octanol–water partition coefficient (Wildman–Crippen LogP) is 3.45. The number of benzene rings is 2. The topological polar surface area (TPSA) is 112 Å². The fourth-order valence-corrected chi connectivity index (χ4v) is 11.5. The molecule has 0 aliphatic heterocycles. The molecule has 1 aliphatic carbocycles. The standard InChI is InChI=1S/C23H23AsN2O5S/c27-23(26-28)19(11-14-13-25-20-7-3-1-5-16(14)20)24-32(29,30)15-9-10-18-17-6-2-4-8-21(17)31-22(18)12-15/h1,3,5,7,9-10,12-13,19,24-25,28H,2,4,6,8,11H2,(H,26,27)/t19-/m0/s1. The number of carbonyl (C=O) groups is 1. The second-order valence-electron chi connectivity index (χ2n) is 8.08. The van der Waals surface area contributed by atoms with Crippen molar-refractivity contribution < 1.29 is 22.8 Å². The monoisotopic (exact) mass is 514 g/mol. The number of nitrogens with one attached hydrogen (secondary N) is 2. The quantitative estimate of drug-likeness (QED) is 0.207. The van der Waals surface area contributed by atoms with Crippen molar-refractivity contribution in [3.05, 3.63) is 65.5 Å². The first kappa shape index (κ1) is 21.3. The van der Waals surface area contributed by atoms with Crippen LogP contribution in [0.15, 0.2) is 58.0 Å². The van der Waals surface area contributed by atoms with Gasteiger partial charge in [0, 0.05) is 0 Å². The molecule has 166 valence electrons. The fraction of sp³-hybridized carbons (Fsp3) is 0.261. The molecule has 3 N–H and O–H groups in total. The van der Waals surface area contributed by atoms with Gasteiger partial charge in [-0.2, -0.15) is 0 Å². The first-order valence-corrected chi connectivity index (χ1v) is 15.8. The van der Waals surface area contributed by atoms with Gasteiger partial charge < -0.3 is 0 Å². The maximum atomic E-state index is 13.3. The van der Waals surface area contributed by atoms with E-state index in [1.165, 1.54) is 5.56 Å². The molecule has 32 heavy (non-hydrogen) atoms. The third kappa shape index (κ3) is 3.87. The van der Waals surface area contributed by atoms with Gasteiger partial charge in [-0.1, -0.05) is 0 Å². The molecular formula is C23H23AsN2O5S. The Morgan fingerprint density at radius 1 is 1.16 bits per heavy atom. The molecule has 5 rings (SSSR count). The fourth-order valence-electron chi connectivity index (χ4n) is 4.45. The Labute approximate surface area is 190 Å². The summed E-state index contributed by atoms with van der Waals surface area (Å²) in [6.07, 6.45) is 6.04. The summed E-state index contributed by atoms with van der Waals surface area (Å²) in [7, 11) is -3.68. The maximum absolute atomic E-state index is 13.3. The van der Waals surface area contributed by atoms with E-state index in [1.807, 2.05) is 30.3 Å². The first-order chi connectivity index (χ1) is 15.5. The number of aromatic amines is 1. The Kier molecular flexibility index (Phi) is 5.61. The van der Waals surface area contributed by atoms with Crippen LogP contribution < -0.4 is 5.48 Å². The molecule has 1 unspecified atom stereocenters. The van der Waals surface area contributed by atoms with E-state index in [0.717, 1.165) is 53.3 Å². The summed E-state index contributed by atoms with van der Waals surface area (Å²) in [6, 6.07) is 12.7. The zero-order valence-corrected chi connectivity index (χ0v) is 20.1. The van der Waals surface area contributed by atoms with E-state index in [-0.39, 0.29) is 11.3 Å². The number of fused-ring (bicyclic) bond motifs is 4. The molecule has 0 spiro atoms. The summed E-state index contributed by atoms with van der Waals surface area (Å²) in [5, 5.41) is 11.2. The zero-order valence-electron chi connectivity index (χ0n) is 17.2. The number of H-pyrrole nitrogens is 1. The number of aromatic nitrogens is 1. The van der Waals surface area contributed by atoms with E-state index in [4.69, 9.17) is 4.42 Å². The third-order valence-electron chi connectivity index (χ3n) is 6.06. The first-order valence-electron chi connectivity index (χ1n) is 10.5. The molecule has 7 nitrogen and oxygen atoms in total. The number of para-hydroxylation sites is 1. The van der Waals surface area contributed by atoms with Gasteiger partial charge >= 0.3 is 191 Å². The minimum atomic E-state index is -3.68. The summed E-state index contributed by atoms with van der Waals surface area (Å²) < 4.78 is 31.7. The number of carbonyl (C=O) groups excluding carboxylic acids is 1. The van der Waals surface area contributed by atoms with Crippen molar-refractivity contribution in [2.24, 2.45) is 0 Å². The molecule has 2 atom stereocenters. The molecule has 9 heteroatoms. The Balaban J connectivity index is 1.45. The van der Waals surface area contributed by atoms with Crippen LogP contribution in [0, 0.1) is 0 Å². The average molecular weight is 514 g/mol. The van der Waals surface area contributed by atoms with Crippen molar-refractivity contribution >= 4 is 50.5 Å². The number of amides is 1. The Morgan fingerprint density at radius 2 is 1.97 bits per heavy atom. The molecule has 0 bridgehead atoms. The summed E-state index contributed by atoms with van der Waals surface area (Å²) in [6.45, 7) is 0. The van der Waals surface area contributed by atoms with Crippen molar-refractivity contribution in [3.8, 4) is 0 Å². The Hall–Kier alpha value is -2.54. The van der Waals surface area contributed by atoms with Gasteiger partial charge in [0.25, 0.3) is 0 Å². The van der Waals surface area contributed by atoms with Crippen molar-refractivity contribution in [2.75, 3.05) is 0 Å². The van der Waals surface area contributed by atoms with Gasteiger partial charge in [0.15, 0.2) is 0 Å². The third-order valence-corrected chi connectivity index (χ3v) is 13.7. The minimum absolute atomic E-state index is 0.172. The van der Waals surface area contributed by atoms with Crippen LogP contribution >= 0.6 is 0 Å². The van der Waals surface area contributed by atoms with Gasteiger partial charge in [-0.05, 0) is 0 Å². The van der Waals surface area contributed by atoms with Gasteiger partial charge in [0.2, 0.25) is 0 Å². The molecule has 2 aromatic carbocycles. The van der Waals surface area contributed by atoms with E-state index in [2.05, 4.69) is 4.98 Å². The van der Waals surface area contributed by atoms with Crippen LogP contribution in [-0.2, 0) is 32.2 Å². The summed E-state index contributed by atoms with van der Waals surface area (Å²) in [5.74, 6) is 0.280. The molecule has 2 heterocycles. The van der Waals surface area contributed by atoms with E-state index in [9.17, 15) is 18.4 Å². The number of hydrogen-bond donors (Lipinski definition) is 3. The van der Waals surface area contributed by atoms with Crippen LogP contribution in [0.4, 0.5) is 0 Å². The summed E-state index contributed by atoms with van der Waals surface area (Å²) in [5.41, 5.74) is 5.20. The molecule has 0 radical (unpaired) electrons. The van der Waals surface area contributed by atoms with Crippen LogP contribution in [0.5, 0.6) is 0 Å². The molecule has 4 aromatic rings. The molecule has 1 aliphatic rings. The van der Waals surface area contributed by atoms with Crippen LogP contribution in [0.1, 0.15) is 29.7 Å². The van der Waals surface area contributed by atoms with E-state index in [1.54, 1.807) is 23.8 Å². The number of aryl methyl sites for hydroxylation is 2. The Morgan fingerprint density at radius 3 is 2.81 bits per heavy atom. The molecule has 2 aromatic heterocycles. The van der Waals surface area contributed by atoms with E-state index < -0.39 is 33.3 Å². The second-order valence-corrected chi connectivity index (χ2v) is 16.1. The van der Waals surface area contributed by atoms with Crippen LogP contribution in [0.3, 0.4) is 0 Å². The number of hydrogen-bond acceptors (Lipinski definition) is 5. The normalized spacial score (nSPS) is 15.4.